The Morgan fingerprint density at radius 1 is 1.29 bits per heavy atom. The fraction of sp³-hybridized carbons (Fsp3) is 0.667. The SMILES string of the molecule is CCNC(CCN1CCCCCC1C)c1ccccc1F. The predicted octanol–water partition coefficient (Wildman–Crippen LogP) is 4.13. The minimum absolute atomic E-state index is 0.0904. The number of halogens is 1. The molecule has 1 aromatic rings. The molecule has 0 spiro atoms. The van der Waals surface area contributed by atoms with E-state index < -0.39 is 0 Å². The van der Waals surface area contributed by atoms with Gasteiger partial charge in [-0.2, -0.15) is 0 Å². The van der Waals surface area contributed by atoms with Crippen molar-refractivity contribution in [3.8, 4) is 0 Å². The van der Waals surface area contributed by atoms with E-state index in [4.69, 9.17) is 0 Å². The zero-order valence-corrected chi connectivity index (χ0v) is 13.4. The van der Waals surface area contributed by atoms with Crippen LogP contribution in [0.4, 0.5) is 4.39 Å². The molecule has 0 aromatic heterocycles. The van der Waals surface area contributed by atoms with Crippen molar-refractivity contribution in [2.75, 3.05) is 19.6 Å². The summed E-state index contributed by atoms with van der Waals surface area (Å²) in [5, 5.41) is 3.44. The lowest BCUT2D eigenvalue weighted by Crippen LogP contribution is -2.35. The molecule has 2 unspecified atom stereocenters. The topological polar surface area (TPSA) is 15.3 Å². The zero-order chi connectivity index (χ0) is 15.1. The summed E-state index contributed by atoms with van der Waals surface area (Å²) >= 11 is 0. The molecule has 1 heterocycles. The van der Waals surface area contributed by atoms with Crippen LogP contribution in [0.2, 0.25) is 0 Å². The summed E-state index contributed by atoms with van der Waals surface area (Å²) in [5.41, 5.74) is 0.807. The van der Waals surface area contributed by atoms with Crippen LogP contribution in [0.1, 0.15) is 57.6 Å². The Balaban J connectivity index is 1.98. The lowest BCUT2D eigenvalue weighted by molar-refractivity contribution is 0.202. The number of hydrogen-bond donors (Lipinski definition) is 1. The van der Waals surface area contributed by atoms with Gasteiger partial charge in [-0.15, -0.1) is 0 Å². The second-order valence-corrected chi connectivity index (χ2v) is 6.15. The molecule has 2 rings (SSSR count). The molecular weight excluding hydrogens is 263 g/mol. The van der Waals surface area contributed by atoms with Gasteiger partial charge in [0.05, 0.1) is 0 Å². The van der Waals surface area contributed by atoms with Gasteiger partial charge in [-0.25, -0.2) is 4.39 Å². The highest BCUT2D eigenvalue weighted by molar-refractivity contribution is 5.21. The third-order valence-corrected chi connectivity index (χ3v) is 4.63. The van der Waals surface area contributed by atoms with Gasteiger partial charge in [0.25, 0.3) is 0 Å². The minimum atomic E-state index is -0.0904. The molecule has 1 aromatic carbocycles. The summed E-state index contributed by atoms with van der Waals surface area (Å²) in [5.74, 6) is -0.0904. The van der Waals surface area contributed by atoms with Crippen LogP contribution in [-0.4, -0.2) is 30.6 Å². The minimum Gasteiger partial charge on any atom is -0.310 e. The molecule has 1 aliphatic rings. The van der Waals surface area contributed by atoms with Crippen LogP contribution < -0.4 is 5.32 Å². The molecule has 1 fully saturated rings. The molecule has 0 radical (unpaired) electrons. The second kappa shape index (κ2) is 8.50. The summed E-state index contributed by atoms with van der Waals surface area (Å²) in [7, 11) is 0. The molecule has 1 aliphatic heterocycles. The van der Waals surface area contributed by atoms with E-state index in [1.165, 1.54) is 32.2 Å². The zero-order valence-electron chi connectivity index (χ0n) is 13.4. The van der Waals surface area contributed by atoms with Crippen molar-refractivity contribution in [3.63, 3.8) is 0 Å². The van der Waals surface area contributed by atoms with Crippen molar-refractivity contribution >= 4 is 0 Å². The summed E-state index contributed by atoms with van der Waals surface area (Å²) in [6, 6.07) is 7.95. The van der Waals surface area contributed by atoms with Crippen molar-refractivity contribution in [1.29, 1.82) is 0 Å². The van der Waals surface area contributed by atoms with Gasteiger partial charge in [0.1, 0.15) is 5.82 Å². The lowest BCUT2D eigenvalue weighted by Gasteiger charge is -2.29. The van der Waals surface area contributed by atoms with Crippen molar-refractivity contribution in [2.45, 2.75) is 58.0 Å². The first-order valence-corrected chi connectivity index (χ1v) is 8.44. The molecule has 2 atom stereocenters. The summed E-state index contributed by atoms with van der Waals surface area (Å²) in [6.07, 6.45) is 6.27. The van der Waals surface area contributed by atoms with Gasteiger partial charge in [-0.3, -0.25) is 0 Å². The summed E-state index contributed by atoms with van der Waals surface area (Å²) in [6.45, 7) is 7.53. The number of nitrogens with zero attached hydrogens (tertiary/aromatic N) is 1. The Hall–Kier alpha value is -0.930. The Labute approximate surface area is 128 Å². The summed E-state index contributed by atoms with van der Waals surface area (Å²) in [4.78, 5) is 2.58. The van der Waals surface area contributed by atoms with Gasteiger partial charge in [-0.1, -0.05) is 38.0 Å². The highest BCUT2D eigenvalue weighted by atomic mass is 19.1. The van der Waals surface area contributed by atoms with E-state index in [2.05, 4.69) is 24.1 Å². The molecule has 0 aliphatic carbocycles. The van der Waals surface area contributed by atoms with E-state index in [1.807, 2.05) is 12.1 Å². The first-order valence-electron chi connectivity index (χ1n) is 8.44. The van der Waals surface area contributed by atoms with E-state index in [1.54, 1.807) is 12.1 Å². The largest absolute Gasteiger partial charge is 0.310 e. The number of hydrogen-bond acceptors (Lipinski definition) is 2. The first-order chi connectivity index (χ1) is 10.2. The highest BCUT2D eigenvalue weighted by Gasteiger charge is 2.20. The number of nitrogens with one attached hydrogen (secondary N) is 1. The van der Waals surface area contributed by atoms with Crippen LogP contribution in [0.15, 0.2) is 24.3 Å². The predicted molar refractivity (Wildman–Crippen MR) is 86.9 cm³/mol. The number of rotatable bonds is 6. The third kappa shape index (κ3) is 4.79. The quantitative estimate of drug-likeness (QED) is 0.848. The van der Waals surface area contributed by atoms with Gasteiger partial charge in [0, 0.05) is 24.2 Å². The van der Waals surface area contributed by atoms with Gasteiger partial charge in [0.15, 0.2) is 0 Å². The van der Waals surface area contributed by atoms with Crippen molar-refractivity contribution in [3.05, 3.63) is 35.6 Å². The van der Waals surface area contributed by atoms with Crippen LogP contribution in [0.25, 0.3) is 0 Å². The van der Waals surface area contributed by atoms with Crippen LogP contribution in [0, 0.1) is 5.82 Å². The summed E-state index contributed by atoms with van der Waals surface area (Å²) < 4.78 is 14.0. The Morgan fingerprint density at radius 2 is 2.10 bits per heavy atom. The molecule has 1 saturated heterocycles. The molecule has 2 nitrogen and oxygen atoms in total. The number of benzene rings is 1. The monoisotopic (exact) mass is 292 g/mol. The molecule has 3 heteroatoms. The van der Waals surface area contributed by atoms with E-state index >= 15 is 0 Å². The first kappa shape index (κ1) is 16.4. The Morgan fingerprint density at radius 3 is 2.86 bits per heavy atom. The van der Waals surface area contributed by atoms with Crippen LogP contribution in [0.5, 0.6) is 0 Å². The molecule has 118 valence electrons. The molecule has 21 heavy (non-hydrogen) atoms. The smallest absolute Gasteiger partial charge is 0.127 e. The van der Waals surface area contributed by atoms with Gasteiger partial charge in [0.2, 0.25) is 0 Å². The Bertz CT molecular complexity index is 421. The fourth-order valence-electron chi connectivity index (χ4n) is 3.33. The maximum atomic E-state index is 14.0. The second-order valence-electron chi connectivity index (χ2n) is 6.15. The molecule has 1 N–H and O–H groups in total. The normalized spacial score (nSPS) is 22.0. The molecule has 0 bridgehead atoms. The van der Waals surface area contributed by atoms with E-state index in [9.17, 15) is 4.39 Å². The van der Waals surface area contributed by atoms with Crippen LogP contribution >= 0.6 is 0 Å². The van der Waals surface area contributed by atoms with Crippen molar-refractivity contribution < 1.29 is 4.39 Å². The average Bonchev–Trinajstić information content (AvgIpc) is 2.69. The molecule has 0 saturated carbocycles. The number of likely N-dealkylation sites (tertiary alicyclic amines) is 1. The van der Waals surface area contributed by atoms with Gasteiger partial charge < -0.3 is 10.2 Å². The maximum Gasteiger partial charge on any atom is 0.127 e. The molecular formula is C18H29FN2. The Kier molecular flexibility index (Phi) is 6.65. The maximum absolute atomic E-state index is 14.0. The van der Waals surface area contributed by atoms with Crippen molar-refractivity contribution in [2.24, 2.45) is 0 Å². The highest BCUT2D eigenvalue weighted by Crippen LogP contribution is 2.23. The van der Waals surface area contributed by atoms with Gasteiger partial charge >= 0.3 is 0 Å². The van der Waals surface area contributed by atoms with E-state index in [-0.39, 0.29) is 11.9 Å². The standard InChI is InChI=1S/C18H29FN2/c1-3-20-18(16-10-6-7-11-17(16)19)12-14-21-13-8-4-5-9-15(21)2/h6-7,10-11,15,18,20H,3-5,8-9,12-14H2,1-2H3. The lowest BCUT2D eigenvalue weighted by atomic mass is 10.0. The van der Waals surface area contributed by atoms with E-state index in [0.29, 0.717) is 6.04 Å². The molecule has 0 amide bonds. The third-order valence-electron chi connectivity index (χ3n) is 4.63. The van der Waals surface area contributed by atoms with Crippen LogP contribution in [-0.2, 0) is 0 Å². The van der Waals surface area contributed by atoms with Crippen LogP contribution in [0.3, 0.4) is 0 Å². The average molecular weight is 292 g/mol. The van der Waals surface area contributed by atoms with Crippen molar-refractivity contribution in [1.82, 2.24) is 10.2 Å². The van der Waals surface area contributed by atoms with Gasteiger partial charge in [-0.05, 0) is 45.3 Å². The fourth-order valence-corrected chi connectivity index (χ4v) is 3.33. The van der Waals surface area contributed by atoms with E-state index in [0.717, 1.165) is 25.1 Å².